The minimum atomic E-state index is -0.189. The maximum absolute atomic E-state index is 9.11. The molecule has 0 radical (unpaired) electrons. The lowest BCUT2D eigenvalue weighted by atomic mass is 10.1. The Balaban J connectivity index is 2.12. The van der Waals surface area contributed by atoms with Gasteiger partial charge < -0.3 is 14.7 Å². The molecule has 1 saturated heterocycles. The fourth-order valence-electron chi connectivity index (χ4n) is 1.36. The Kier molecular flexibility index (Phi) is 2.06. The smallest absolute Gasteiger partial charge is 0.139 e. The molecule has 2 rings (SSSR count). The lowest BCUT2D eigenvalue weighted by molar-refractivity contribution is 0.142. The topological polar surface area (TPSA) is 45.6 Å². The second-order valence-electron chi connectivity index (χ2n) is 3.14. The van der Waals surface area contributed by atoms with Gasteiger partial charge in [0.2, 0.25) is 0 Å². The molecule has 0 unspecified atom stereocenters. The fraction of sp³-hybridized carbons (Fsp3) is 0.444. The number of anilines is 1. The summed E-state index contributed by atoms with van der Waals surface area (Å²) in [4.78, 5) is 6.09. The standard InChI is InChI=1S/C9H12N2O2/c1-13-9-2-7(3-10-4-9)11-5-8(12)6-11/h2-4,8,12H,5-6H2,1H3. The summed E-state index contributed by atoms with van der Waals surface area (Å²) in [5.41, 5.74) is 1.00. The molecule has 0 atom stereocenters. The van der Waals surface area contributed by atoms with E-state index >= 15 is 0 Å². The maximum atomic E-state index is 9.11. The van der Waals surface area contributed by atoms with Crippen LogP contribution < -0.4 is 9.64 Å². The van der Waals surface area contributed by atoms with Gasteiger partial charge in [0.1, 0.15) is 5.75 Å². The molecule has 1 aromatic heterocycles. The first kappa shape index (κ1) is 8.31. The summed E-state index contributed by atoms with van der Waals surface area (Å²) in [6.07, 6.45) is 3.25. The molecule has 13 heavy (non-hydrogen) atoms. The highest BCUT2D eigenvalue weighted by Crippen LogP contribution is 2.23. The van der Waals surface area contributed by atoms with Crippen molar-refractivity contribution >= 4 is 5.69 Å². The van der Waals surface area contributed by atoms with Crippen molar-refractivity contribution < 1.29 is 9.84 Å². The van der Waals surface area contributed by atoms with Gasteiger partial charge in [0.05, 0.1) is 31.3 Å². The molecule has 1 aromatic rings. The van der Waals surface area contributed by atoms with Gasteiger partial charge in [-0.2, -0.15) is 0 Å². The number of methoxy groups -OCH3 is 1. The van der Waals surface area contributed by atoms with Crippen LogP contribution in [0.5, 0.6) is 5.75 Å². The molecule has 1 fully saturated rings. The zero-order valence-corrected chi connectivity index (χ0v) is 7.47. The number of aromatic nitrogens is 1. The Hall–Kier alpha value is -1.29. The van der Waals surface area contributed by atoms with E-state index in [0.717, 1.165) is 11.4 Å². The van der Waals surface area contributed by atoms with Crippen molar-refractivity contribution in [1.82, 2.24) is 4.98 Å². The minimum Gasteiger partial charge on any atom is -0.495 e. The Morgan fingerprint density at radius 2 is 2.31 bits per heavy atom. The number of ether oxygens (including phenoxy) is 1. The number of hydrogen-bond donors (Lipinski definition) is 1. The molecule has 0 aliphatic carbocycles. The van der Waals surface area contributed by atoms with E-state index in [0.29, 0.717) is 13.1 Å². The molecule has 4 heteroatoms. The van der Waals surface area contributed by atoms with Gasteiger partial charge in [0, 0.05) is 19.2 Å². The number of β-amino-alcohol motifs (C(OH)–C–C–N with tert-alkyl or cyclic N) is 1. The van der Waals surface area contributed by atoms with Crippen molar-refractivity contribution in [1.29, 1.82) is 0 Å². The van der Waals surface area contributed by atoms with Crippen LogP contribution in [0.2, 0.25) is 0 Å². The lowest BCUT2D eigenvalue weighted by Gasteiger charge is -2.37. The maximum Gasteiger partial charge on any atom is 0.139 e. The molecule has 0 aromatic carbocycles. The summed E-state index contributed by atoms with van der Waals surface area (Å²) in [5, 5.41) is 9.11. The molecule has 0 spiro atoms. The molecule has 1 aliphatic rings. The van der Waals surface area contributed by atoms with E-state index in [9.17, 15) is 0 Å². The van der Waals surface area contributed by atoms with E-state index in [2.05, 4.69) is 9.88 Å². The SMILES string of the molecule is COc1cncc(N2CC(O)C2)c1. The molecule has 0 amide bonds. The summed E-state index contributed by atoms with van der Waals surface area (Å²) in [7, 11) is 1.62. The van der Waals surface area contributed by atoms with Gasteiger partial charge in [-0.25, -0.2) is 0 Å². The van der Waals surface area contributed by atoms with Gasteiger partial charge in [-0.3, -0.25) is 4.98 Å². The Labute approximate surface area is 76.8 Å². The van der Waals surface area contributed by atoms with Gasteiger partial charge in [0.25, 0.3) is 0 Å². The Morgan fingerprint density at radius 1 is 1.54 bits per heavy atom. The first-order chi connectivity index (χ1) is 6.29. The number of aliphatic hydroxyl groups excluding tert-OH is 1. The van der Waals surface area contributed by atoms with Crippen LogP contribution in [0, 0.1) is 0 Å². The summed E-state index contributed by atoms with van der Waals surface area (Å²) < 4.78 is 5.05. The van der Waals surface area contributed by atoms with Gasteiger partial charge in [0.15, 0.2) is 0 Å². The predicted molar refractivity (Wildman–Crippen MR) is 49.0 cm³/mol. The van der Waals surface area contributed by atoms with E-state index in [1.807, 2.05) is 6.07 Å². The number of nitrogens with zero attached hydrogens (tertiary/aromatic N) is 2. The quantitative estimate of drug-likeness (QED) is 0.709. The average molecular weight is 180 g/mol. The van der Waals surface area contributed by atoms with Crippen LogP contribution in [-0.4, -0.2) is 36.4 Å². The second kappa shape index (κ2) is 3.22. The van der Waals surface area contributed by atoms with Crippen molar-refractivity contribution in [3.8, 4) is 5.75 Å². The molecular formula is C9H12N2O2. The van der Waals surface area contributed by atoms with Crippen molar-refractivity contribution in [3.05, 3.63) is 18.5 Å². The van der Waals surface area contributed by atoms with Crippen LogP contribution in [0.25, 0.3) is 0 Å². The van der Waals surface area contributed by atoms with Crippen LogP contribution in [0.1, 0.15) is 0 Å². The van der Waals surface area contributed by atoms with Crippen LogP contribution in [0.3, 0.4) is 0 Å². The van der Waals surface area contributed by atoms with Crippen LogP contribution in [-0.2, 0) is 0 Å². The fourth-order valence-corrected chi connectivity index (χ4v) is 1.36. The van der Waals surface area contributed by atoms with Crippen molar-refractivity contribution in [2.45, 2.75) is 6.10 Å². The Bertz CT molecular complexity index is 297. The largest absolute Gasteiger partial charge is 0.495 e. The number of rotatable bonds is 2. The van der Waals surface area contributed by atoms with Crippen LogP contribution >= 0.6 is 0 Å². The normalized spacial score (nSPS) is 16.9. The third-order valence-corrected chi connectivity index (χ3v) is 2.16. The highest BCUT2D eigenvalue weighted by molar-refractivity contribution is 5.50. The average Bonchev–Trinajstić information content (AvgIpc) is 2.13. The zero-order valence-electron chi connectivity index (χ0n) is 7.47. The lowest BCUT2D eigenvalue weighted by Crippen LogP contribution is -2.50. The molecule has 1 aliphatic heterocycles. The van der Waals surface area contributed by atoms with Crippen LogP contribution in [0.15, 0.2) is 18.5 Å². The zero-order chi connectivity index (χ0) is 9.26. The first-order valence-electron chi connectivity index (χ1n) is 4.21. The van der Waals surface area contributed by atoms with Gasteiger partial charge in [-0.1, -0.05) is 0 Å². The van der Waals surface area contributed by atoms with E-state index in [1.54, 1.807) is 19.5 Å². The summed E-state index contributed by atoms with van der Waals surface area (Å²) in [6, 6.07) is 1.92. The van der Waals surface area contributed by atoms with Gasteiger partial charge >= 0.3 is 0 Å². The summed E-state index contributed by atoms with van der Waals surface area (Å²) in [6.45, 7) is 1.38. The van der Waals surface area contributed by atoms with Crippen LogP contribution in [0.4, 0.5) is 5.69 Å². The molecule has 1 N–H and O–H groups in total. The summed E-state index contributed by atoms with van der Waals surface area (Å²) >= 11 is 0. The predicted octanol–water partition coefficient (Wildman–Crippen LogP) is 0.271. The molecule has 4 nitrogen and oxygen atoms in total. The molecule has 2 heterocycles. The molecular weight excluding hydrogens is 168 g/mol. The molecule has 0 saturated carbocycles. The van der Waals surface area contributed by atoms with E-state index in [4.69, 9.17) is 9.84 Å². The Morgan fingerprint density at radius 3 is 2.92 bits per heavy atom. The van der Waals surface area contributed by atoms with E-state index < -0.39 is 0 Å². The molecule has 0 bridgehead atoms. The number of pyridine rings is 1. The van der Waals surface area contributed by atoms with Gasteiger partial charge in [-0.15, -0.1) is 0 Å². The van der Waals surface area contributed by atoms with Gasteiger partial charge in [-0.05, 0) is 0 Å². The summed E-state index contributed by atoms with van der Waals surface area (Å²) in [5.74, 6) is 0.749. The van der Waals surface area contributed by atoms with E-state index in [-0.39, 0.29) is 6.10 Å². The highest BCUT2D eigenvalue weighted by atomic mass is 16.5. The highest BCUT2D eigenvalue weighted by Gasteiger charge is 2.24. The monoisotopic (exact) mass is 180 g/mol. The van der Waals surface area contributed by atoms with Crippen molar-refractivity contribution in [2.75, 3.05) is 25.1 Å². The molecule has 70 valence electrons. The number of hydrogen-bond acceptors (Lipinski definition) is 4. The van der Waals surface area contributed by atoms with Crippen molar-refractivity contribution in [3.63, 3.8) is 0 Å². The first-order valence-corrected chi connectivity index (χ1v) is 4.21. The van der Waals surface area contributed by atoms with E-state index in [1.165, 1.54) is 0 Å². The number of aliphatic hydroxyl groups is 1. The third-order valence-electron chi connectivity index (χ3n) is 2.16. The third kappa shape index (κ3) is 1.58. The minimum absolute atomic E-state index is 0.189. The second-order valence-corrected chi connectivity index (χ2v) is 3.14. The van der Waals surface area contributed by atoms with Crippen molar-refractivity contribution in [2.24, 2.45) is 0 Å².